The van der Waals surface area contributed by atoms with Gasteiger partial charge < -0.3 is 32.9 Å². The molecule has 20 heavy (non-hydrogen) atoms. The van der Waals surface area contributed by atoms with E-state index in [0.29, 0.717) is 19.4 Å². The van der Waals surface area contributed by atoms with Crippen molar-refractivity contribution in [2.45, 2.75) is 18.9 Å². The maximum atomic E-state index is 11.5. The van der Waals surface area contributed by atoms with E-state index in [2.05, 4.69) is 15.6 Å². The lowest BCUT2D eigenvalue weighted by Crippen LogP contribution is -2.45. The molecule has 2 amide bonds. The number of aliphatic carboxylic acids is 1. The van der Waals surface area contributed by atoms with Crippen molar-refractivity contribution in [3.63, 3.8) is 0 Å². The highest BCUT2D eigenvalue weighted by Crippen LogP contribution is 1.95. The zero-order valence-electron chi connectivity index (χ0n) is 11.0. The number of aliphatic imine (C=N–C) groups is 1. The fraction of sp³-hybridized carbons (Fsp3) is 0.600. The summed E-state index contributed by atoms with van der Waals surface area (Å²) in [6.45, 7) is -0.463. The van der Waals surface area contributed by atoms with E-state index in [1.54, 1.807) is 0 Å². The molecule has 0 spiro atoms. The Balaban J connectivity index is 3.82. The first kappa shape index (κ1) is 17.6. The van der Waals surface area contributed by atoms with Gasteiger partial charge in [0.05, 0.1) is 12.6 Å². The van der Waals surface area contributed by atoms with Gasteiger partial charge in [0.1, 0.15) is 6.54 Å². The maximum Gasteiger partial charge on any atom is 0.322 e. The predicted molar refractivity (Wildman–Crippen MR) is 71.5 cm³/mol. The average molecular weight is 288 g/mol. The highest BCUT2D eigenvalue weighted by Gasteiger charge is 2.14. The Labute approximate surface area is 115 Å². The van der Waals surface area contributed by atoms with Crippen LogP contribution in [0.3, 0.4) is 0 Å². The molecule has 1 atom stereocenters. The quantitative estimate of drug-likeness (QED) is 0.145. The van der Waals surface area contributed by atoms with Crippen molar-refractivity contribution in [3.05, 3.63) is 0 Å². The number of nitrogens with two attached hydrogens (primary N) is 3. The minimum atomic E-state index is -1.17. The van der Waals surface area contributed by atoms with Gasteiger partial charge in [0.15, 0.2) is 5.96 Å². The molecule has 0 aliphatic carbocycles. The SMILES string of the molecule is NC(N)=NCCC[C@@H](N)C(=O)NCC(=O)NCC(=O)O. The summed E-state index contributed by atoms with van der Waals surface area (Å²) in [4.78, 5) is 36.6. The summed E-state index contributed by atoms with van der Waals surface area (Å²) in [5.74, 6) is -2.30. The lowest BCUT2D eigenvalue weighted by Gasteiger charge is -2.11. The summed E-state index contributed by atoms with van der Waals surface area (Å²) in [6.07, 6.45) is 0.886. The fourth-order valence-corrected chi connectivity index (χ4v) is 1.19. The van der Waals surface area contributed by atoms with Gasteiger partial charge in [0.2, 0.25) is 11.8 Å². The van der Waals surface area contributed by atoms with Crippen molar-refractivity contribution in [2.24, 2.45) is 22.2 Å². The van der Waals surface area contributed by atoms with Gasteiger partial charge in [-0.2, -0.15) is 0 Å². The molecular formula is C10H20N6O4. The number of carboxylic acids is 1. The molecule has 0 aromatic heterocycles. The van der Waals surface area contributed by atoms with Gasteiger partial charge in [0.25, 0.3) is 0 Å². The van der Waals surface area contributed by atoms with Crippen LogP contribution in [0.1, 0.15) is 12.8 Å². The minimum absolute atomic E-state index is 0.0295. The number of hydrogen-bond donors (Lipinski definition) is 6. The van der Waals surface area contributed by atoms with Crippen LogP contribution in [0.15, 0.2) is 4.99 Å². The Bertz CT molecular complexity index is 380. The summed E-state index contributed by atoms with van der Waals surface area (Å²) in [5, 5.41) is 12.7. The molecule has 0 aromatic rings. The Hall–Kier alpha value is -2.36. The van der Waals surface area contributed by atoms with E-state index in [0.717, 1.165) is 0 Å². The predicted octanol–water partition coefficient (Wildman–Crippen LogP) is -3.32. The summed E-state index contributed by atoms with van der Waals surface area (Å²) in [7, 11) is 0. The third-order valence-electron chi connectivity index (χ3n) is 2.16. The molecule has 0 aliphatic rings. The first-order valence-corrected chi connectivity index (χ1v) is 5.90. The largest absolute Gasteiger partial charge is 0.480 e. The number of carbonyl (C=O) groups is 3. The molecular weight excluding hydrogens is 268 g/mol. The van der Waals surface area contributed by atoms with E-state index < -0.39 is 30.4 Å². The van der Waals surface area contributed by atoms with Crippen LogP contribution in [-0.2, 0) is 14.4 Å². The van der Waals surface area contributed by atoms with Gasteiger partial charge in [-0.05, 0) is 12.8 Å². The van der Waals surface area contributed by atoms with Crippen LogP contribution in [0.4, 0.5) is 0 Å². The normalized spacial score (nSPS) is 11.2. The van der Waals surface area contributed by atoms with Crippen molar-refractivity contribution in [3.8, 4) is 0 Å². The van der Waals surface area contributed by atoms with E-state index in [1.165, 1.54) is 0 Å². The number of carboxylic acid groups (broad SMARTS) is 1. The zero-order valence-corrected chi connectivity index (χ0v) is 11.0. The standard InChI is InChI=1S/C10H20N6O4/c11-6(2-1-3-14-10(12)13)9(20)16-4-7(17)15-5-8(18)19/h6H,1-5,11H2,(H,15,17)(H,16,20)(H,18,19)(H4,12,13,14)/t6-/m1/s1. The first-order chi connectivity index (χ1) is 9.32. The average Bonchev–Trinajstić information content (AvgIpc) is 2.37. The molecule has 0 saturated heterocycles. The number of nitrogens with one attached hydrogen (secondary N) is 2. The van der Waals surface area contributed by atoms with Gasteiger partial charge in [-0.3, -0.25) is 19.4 Å². The molecule has 0 unspecified atom stereocenters. The lowest BCUT2D eigenvalue weighted by atomic mass is 10.1. The van der Waals surface area contributed by atoms with Crippen molar-refractivity contribution < 1.29 is 19.5 Å². The van der Waals surface area contributed by atoms with Crippen LogP contribution in [0.25, 0.3) is 0 Å². The van der Waals surface area contributed by atoms with Crippen LogP contribution >= 0.6 is 0 Å². The molecule has 0 saturated carbocycles. The Kier molecular flexibility index (Phi) is 8.43. The molecule has 0 bridgehead atoms. The van der Waals surface area contributed by atoms with Crippen LogP contribution in [0.5, 0.6) is 0 Å². The number of amides is 2. The lowest BCUT2D eigenvalue weighted by molar-refractivity contribution is -0.137. The molecule has 9 N–H and O–H groups in total. The van der Waals surface area contributed by atoms with Gasteiger partial charge in [-0.25, -0.2) is 0 Å². The molecule has 0 rings (SSSR count). The van der Waals surface area contributed by atoms with E-state index in [9.17, 15) is 14.4 Å². The van der Waals surface area contributed by atoms with E-state index >= 15 is 0 Å². The molecule has 114 valence electrons. The molecule has 10 heteroatoms. The Morgan fingerprint density at radius 2 is 1.80 bits per heavy atom. The summed E-state index contributed by atoms with van der Waals surface area (Å²) < 4.78 is 0. The highest BCUT2D eigenvalue weighted by molar-refractivity contribution is 5.88. The second-order valence-electron chi connectivity index (χ2n) is 3.94. The maximum absolute atomic E-state index is 11.5. The first-order valence-electron chi connectivity index (χ1n) is 5.90. The monoisotopic (exact) mass is 288 g/mol. The van der Waals surface area contributed by atoms with Crippen molar-refractivity contribution in [1.82, 2.24) is 10.6 Å². The van der Waals surface area contributed by atoms with Crippen LogP contribution in [-0.4, -0.2) is 54.5 Å². The third-order valence-corrected chi connectivity index (χ3v) is 2.16. The Morgan fingerprint density at radius 3 is 2.35 bits per heavy atom. The van der Waals surface area contributed by atoms with Gasteiger partial charge >= 0.3 is 5.97 Å². The summed E-state index contributed by atoms with van der Waals surface area (Å²) in [5.41, 5.74) is 15.9. The highest BCUT2D eigenvalue weighted by atomic mass is 16.4. The van der Waals surface area contributed by atoms with Gasteiger partial charge in [-0.15, -0.1) is 0 Å². The number of carbonyl (C=O) groups excluding carboxylic acids is 2. The number of hydrogen-bond acceptors (Lipinski definition) is 5. The van der Waals surface area contributed by atoms with Crippen molar-refractivity contribution in [1.29, 1.82) is 0 Å². The molecule has 10 nitrogen and oxygen atoms in total. The molecule has 0 heterocycles. The minimum Gasteiger partial charge on any atom is -0.480 e. The third kappa shape index (κ3) is 9.65. The topological polar surface area (TPSA) is 186 Å². The summed E-state index contributed by atoms with van der Waals surface area (Å²) >= 11 is 0. The zero-order chi connectivity index (χ0) is 15.5. The van der Waals surface area contributed by atoms with Crippen LogP contribution in [0.2, 0.25) is 0 Å². The Morgan fingerprint density at radius 1 is 1.15 bits per heavy atom. The fourth-order valence-electron chi connectivity index (χ4n) is 1.19. The van der Waals surface area contributed by atoms with Crippen molar-refractivity contribution >= 4 is 23.7 Å². The summed E-state index contributed by atoms with van der Waals surface area (Å²) in [6, 6.07) is -0.781. The van der Waals surface area contributed by atoms with Gasteiger partial charge in [-0.1, -0.05) is 0 Å². The van der Waals surface area contributed by atoms with E-state index in [4.69, 9.17) is 22.3 Å². The number of nitrogens with zero attached hydrogens (tertiary/aromatic N) is 1. The smallest absolute Gasteiger partial charge is 0.322 e. The number of rotatable bonds is 9. The van der Waals surface area contributed by atoms with E-state index in [-0.39, 0.29) is 12.5 Å². The molecule has 0 aromatic carbocycles. The molecule has 0 aliphatic heterocycles. The second-order valence-corrected chi connectivity index (χ2v) is 3.94. The van der Waals surface area contributed by atoms with Gasteiger partial charge in [0, 0.05) is 6.54 Å². The molecule has 0 radical (unpaired) electrons. The number of guanidine groups is 1. The van der Waals surface area contributed by atoms with Crippen molar-refractivity contribution in [2.75, 3.05) is 19.6 Å². The van der Waals surface area contributed by atoms with Crippen LogP contribution in [0, 0.1) is 0 Å². The molecule has 0 fully saturated rings. The second kappa shape index (κ2) is 9.55. The van der Waals surface area contributed by atoms with E-state index in [1.807, 2.05) is 0 Å². The van der Waals surface area contributed by atoms with Crippen LogP contribution < -0.4 is 27.8 Å².